The molecule has 2 N–H and O–H groups in total. The minimum absolute atomic E-state index is 0.0127. The number of hydrogen-bond donors (Lipinski definition) is 2. The van der Waals surface area contributed by atoms with E-state index in [-0.39, 0.29) is 36.7 Å². The molecule has 2 amide bonds. The van der Waals surface area contributed by atoms with Gasteiger partial charge in [0.15, 0.2) is 0 Å². The molecule has 1 saturated heterocycles. The third-order valence-electron chi connectivity index (χ3n) is 7.34. The van der Waals surface area contributed by atoms with E-state index in [0.29, 0.717) is 13.1 Å². The number of alkyl carbamates (subject to hydrolysis) is 1. The fraction of sp³-hybridized carbons (Fsp3) is 0.464. The molecule has 0 aromatic heterocycles. The van der Waals surface area contributed by atoms with Gasteiger partial charge in [-0.1, -0.05) is 55.5 Å². The number of rotatable bonds is 7. The van der Waals surface area contributed by atoms with E-state index in [2.05, 4.69) is 29.6 Å². The highest BCUT2D eigenvalue weighted by Gasteiger charge is 2.38. The van der Waals surface area contributed by atoms with Crippen LogP contribution in [-0.4, -0.2) is 53.2 Å². The molecule has 2 aromatic carbocycles. The second kappa shape index (κ2) is 10.1. The number of fused-ring (bicyclic) bond motifs is 3. The lowest BCUT2D eigenvalue weighted by atomic mass is 9.84. The number of carboxylic acids is 1. The van der Waals surface area contributed by atoms with E-state index < -0.39 is 17.6 Å². The first-order valence-corrected chi connectivity index (χ1v) is 12.3. The van der Waals surface area contributed by atoms with E-state index in [4.69, 9.17) is 9.84 Å². The van der Waals surface area contributed by atoms with Crippen LogP contribution in [0.25, 0.3) is 11.1 Å². The second-order valence-electron chi connectivity index (χ2n) is 10.3. The van der Waals surface area contributed by atoms with Crippen LogP contribution >= 0.6 is 0 Å². The van der Waals surface area contributed by atoms with E-state index in [1.165, 1.54) is 0 Å². The predicted molar refractivity (Wildman–Crippen MR) is 133 cm³/mol. The summed E-state index contributed by atoms with van der Waals surface area (Å²) in [6, 6.07) is 16.3. The van der Waals surface area contributed by atoms with E-state index in [1.54, 1.807) is 18.7 Å². The molecule has 1 aliphatic carbocycles. The smallest absolute Gasteiger partial charge is 0.408 e. The number of amides is 2. The molecule has 1 aliphatic heterocycles. The van der Waals surface area contributed by atoms with Crippen molar-refractivity contribution in [3.05, 3.63) is 59.7 Å². The molecule has 2 unspecified atom stereocenters. The molecule has 7 nitrogen and oxygen atoms in total. The monoisotopic (exact) mass is 478 g/mol. The van der Waals surface area contributed by atoms with Crippen LogP contribution < -0.4 is 5.32 Å². The molecule has 2 atom stereocenters. The van der Waals surface area contributed by atoms with Gasteiger partial charge >= 0.3 is 12.1 Å². The summed E-state index contributed by atoms with van der Waals surface area (Å²) in [5, 5.41) is 11.9. The Morgan fingerprint density at radius 3 is 2.29 bits per heavy atom. The third kappa shape index (κ3) is 5.34. The lowest BCUT2D eigenvalue weighted by Gasteiger charge is -2.39. The minimum Gasteiger partial charge on any atom is -0.481 e. The average molecular weight is 479 g/mol. The predicted octanol–water partition coefficient (Wildman–Crippen LogP) is 4.65. The number of likely N-dealkylation sites (tertiary alicyclic amines) is 1. The molecule has 0 spiro atoms. The van der Waals surface area contributed by atoms with Gasteiger partial charge in [-0.25, -0.2) is 4.79 Å². The molecule has 1 heterocycles. The maximum atomic E-state index is 13.3. The van der Waals surface area contributed by atoms with Gasteiger partial charge in [-0.15, -0.1) is 0 Å². The lowest BCUT2D eigenvalue weighted by molar-refractivity contribution is -0.140. The second-order valence-corrected chi connectivity index (χ2v) is 10.3. The molecular formula is C28H34N2O5. The van der Waals surface area contributed by atoms with Crippen LogP contribution in [0.5, 0.6) is 0 Å². The summed E-state index contributed by atoms with van der Waals surface area (Å²) in [4.78, 5) is 38.9. The maximum absolute atomic E-state index is 13.3. The van der Waals surface area contributed by atoms with Crippen molar-refractivity contribution in [3.63, 3.8) is 0 Å². The van der Waals surface area contributed by atoms with E-state index >= 15 is 0 Å². The van der Waals surface area contributed by atoms with Gasteiger partial charge in [0.2, 0.25) is 5.91 Å². The topological polar surface area (TPSA) is 95.9 Å². The molecule has 2 aliphatic rings. The molecule has 0 radical (unpaired) electrons. The van der Waals surface area contributed by atoms with Crippen LogP contribution in [0.3, 0.4) is 0 Å². The Labute approximate surface area is 206 Å². The van der Waals surface area contributed by atoms with Crippen molar-refractivity contribution in [1.82, 2.24) is 10.2 Å². The molecule has 7 heteroatoms. The van der Waals surface area contributed by atoms with Crippen molar-refractivity contribution in [2.45, 2.75) is 51.5 Å². The normalized spacial score (nSPS) is 18.4. The summed E-state index contributed by atoms with van der Waals surface area (Å²) in [7, 11) is 0. The number of piperidine rings is 1. The first kappa shape index (κ1) is 24.8. The van der Waals surface area contributed by atoms with E-state index in [9.17, 15) is 14.4 Å². The lowest BCUT2D eigenvalue weighted by Crippen LogP contribution is -2.58. The molecule has 186 valence electrons. The fourth-order valence-electron chi connectivity index (χ4n) is 5.44. The van der Waals surface area contributed by atoms with Gasteiger partial charge in [0.25, 0.3) is 0 Å². The van der Waals surface area contributed by atoms with Gasteiger partial charge in [-0.2, -0.15) is 0 Å². The molecular weight excluding hydrogens is 444 g/mol. The first-order valence-electron chi connectivity index (χ1n) is 12.3. The van der Waals surface area contributed by atoms with E-state index in [1.807, 2.05) is 31.2 Å². The highest BCUT2D eigenvalue weighted by Crippen LogP contribution is 2.44. The number of carbonyl (C=O) groups excluding carboxylic acids is 2. The molecule has 4 rings (SSSR count). The van der Waals surface area contributed by atoms with Gasteiger partial charge in [-0.3, -0.25) is 9.59 Å². The summed E-state index contributed by atoms with van der Waals surface area (Å²) in [6.07, 6.45) is 1.19. The number of ether oxygens (including phenoxy) is 1. The van der Waals surface area contributed by atoms with Gasteiger partial charge in [-0.05, 0) is 60.8 Å². The summed E-state index contributed by atoms with van der Waals surface area (Å²) < 4.78 is 5.63. The summed E-state index contributed by atoms with van der Waals surface area (Å²) in [6.45, 7) is 6.57. The van der Waals surface area contributed by atoms with Gasteiger partial charge in [0.05, 0.1) is 0 Å². The van der Waals surface area contributed by atoms with Crippen LogP contribution in [0.2, 0.25) is 0 Å². The fourth-order valence-corrected chi connectivity index (χ4v) is 5.44. The SMILES string of the molecule is CC(CC(=O)O)C1CCCN(C(=O)C(C)(C)NC(=O)OCC2c3ccccc3-c3ccccc32)C1. The van der Waals surface area contributed by atoms with Gasteiger partial charge < -0.3 is 20.1 Å². The number of nitrogens with one attached hydrogen (secondary N) is 1. The van der Waals surface area contributed by atoms with Crippen molar-refractivity contribution in [2.24, 2.45) is 11.8 Å². The Kier molecular flexibility index (Phi) is 7.15. The molecule has 0 bridgehead atoms. The van der Waals surface area contributed by atoms with Crippen molar-refractivity contribution in [2.75, 3.05) is 19.7 Å². The summed E-state index contributed by atoms with van der Waals surface area (Å²) >= 11 is 0. The first-order chi connectivity index (χ1) is 16.7. The molecule has 35 heavy (non-hydrogen) atoms. The quantitative estimate of drug-likeness (QED) is 0.604. The van der Waals surface area contributed by atoms with Crippen LogP contribution in [-0.2, 0) is 14.3 Å². The standard InChI is InChI=1S/C28H34N2O5/c1-18(15-25(31)32)19-9-8-14-30(16-19)26(33)28(2,3)29-27(34)35-17-24-22-12-6-4-10-20(22)21-11-5-7-13-23(21)24/h4-7,10-13,18-19,24H,8-9,14-17H2,1-3H3,(H,29,34)(H,31,32). The summed E-state index contributed by atoms with van der Waals surface area (Å²) in [5.41, 5.74) is 3.44. The Hall–Kier alpha value is -3.35. The van der Waals surface area contributed by atoms with Crippen molar-refractivity contribution < 1.29 is 24.2 Å². The minimum atomic E-state index is -1.14. The zero-order valence-corrected chi connectivity index (χ0v) is 20.6. The Morgan fingerprint density at radius 2 is 1.69 bits per heavy atom. The van der Waals surface area contributed by atoms with E-state index in [0.717, 1.165) is 35.1 Å². The van der Waals surface area contributed by atoms with Crippen LogP contribution in [0.1, 0.15) is 57.1 Å². The number of benzene rings is 2. The van der Waals surface area contributed by atoms with Crippen molar-refractivity contribution in [3.8, 4) is 11.1 Å². The van der Waals surface area contributed by atoms with Crippen LogP contribution in [0.15, 0.2) is 48.5 Å². The number of carbonyl (C=O) groups is 3. The third-order valence-corrected chi connectivity index (χ3v) is 7.34. The highest BCUT2D eigenvalue weighted by molar-refractivity contribution is 5.89. The Morgan fingerprint density at radius 1 is 1.09 bits per heavy atom. The van der Waals surface area contributed by atoms with Gasteiger partial charge in [0, 0.05) is 25.4 Å². The maximum Gasteiger partial charge on any atom is 0.408 e. The largest absolute Gasteiger partial charge is 0.481 e. The number of aliphatic carboxylic acids is 1. The van der Waals surface area contributed by atoms with Crippen molar-refractivity contribution in [1.29, 1.82) is 0 Å². The van der Waals surface area contributed by atoms with Crippen LogP contribution in [0, 0.1) is 11.8 Å². The Balaban J connectivity index is 1.36. The average Bonchev–Trinajstić information content (AvgIpc) is 3.15. The number of carboxylic acid groups (broad SMARTS) is 1. The van der Waals surface area contributed by atoms with Crippen LogP contribution in [0.4, 0.5) is 4.79 Å². The van der Waals surface area contributed by atoms with Crippen molar-refractivity contribution >= 4 is 18.0 Å². The zero-order valence-electron chi connectivity index (χ0n) is 20.6. The Bertz CT molecular complexity index is 1070. The van der Waals surface area contributed by atoms with Gasteiger partial charge in [0.1, 0.15) is 12.1 Å². The number of nitrogens with zero attached hydrogens (tertiary/aromatic N) is 1. The number of hydrogen-bond acceptors (Lipinski definition) is 4. The highest BCUT2D eigenvalue weighted by atomic mass is 16.5. The molecule has 0 saturated carbocycles. The summed E-state index contributed by atoms with van der Waals surface area (Å²) in [5.74, 6) is -0.933. The zero-order chi connectivity index (χ0) is 25.2. The molecule has 2 aromatic rings. The molecule has 1 fully saturated rings.